The number of hydrogen-bond donors (Lipinski definition) is 0. The molecule has 0 saturated carbocycles. The lowest BCUT2D eigenvalue weighted by Crippen LogP contribution is -2.59. The van der Waals surface area contributed by atoms with Gasteiger partial charge in [-0.15, -0.1) is 0 Å². The van der Waals surface area contributed by atoms with Crippen LogP contribution in [0.2, 0.25) is 0 Å². The molecule has 0 spiro atoms. The molecule has 1 heterocycles. The molecule has 3 heteroatoms. The second-order valence-corrected chi connectivity index (χ2v) is 6.79. The first-order valence-electron chi connectivity index (χ1n) is 6.11. The van der Waals surface area contributed by atoms with Crippen LogP contribution in [0.4, 0.5) is 0 Å². The number of hydrogen-bond acceptors (Lipinski definition) is 2. The Balaban J connectivity index is 2.60. The zero-order valence-electron chi connectivity index (χ0n) is 11.6. The van der Waals surface area contributed by atoms with Gasteiger partial charge in [-0.25, -0.2) is 0 Å². The molecular weight excluding hydrogens is 200 g/mol. The zero-order chi connectivity index (χ0) is 12.6. The molecule has 1 aliphatic rings. The van der Waals surface area contributed by atoms with Crippen molar-refractivity contribution in [2.24, 2.45) is 5.41 Å². The van der Waals surface area contributed by atoms with E-state index in [-0.39, 0.29) is 11.0 Å². The molecule has 1 aliphatic heterocycles. The van der Waals surface area contributed by atoms with Crippen LogP contribution < -0.4 is 0 Å². The molecule has 0 unspecified atom stereocenters. The molecule has 94 valence electrons. The average Bonchev–Trinajstić information content (AvgIpc) is 2.06. The standard InChI is InChI=1S/C13H26N2O/c1-12(2,3)9-11(16)15-8-7-14(6)13(4,5)10-15/h7-10H2,1-6H3. The summed E-state index contributed by atoms with van der Waals surface area (Å²) in [6.07, 6.45) is 0.646. The Labute approximate surface area is 99.8 Å². The van der Waals surface area contributed by atoms with Crippen molar-refractivity contribution in [2.75, 3.05) is 26.7 Å². The molecule has 0 aromatic rings. The Morgan fingerprint density at radius 1 is 1.25 bits per heavy atom. The summed E-state index contributed by atoms with van der Waals surface area (Å²) in [6, 6.07) is 0. The van der Waals surface area contributed by atoms with Gasteiger partial charge in [0.05, 0.1) is 0 Å². The molecule has 0 N–H and O–H groups in total. The lowest BCUT2D eigenvalue weighted by atomic mass is 9.90. The largest absolute Gasteiger partial charge is 0.340 e. The predicted octanol–water partition coefficient (Wildman–Crippen LogP) is 1.98. The molecule has 0 aliphatic carbocycles. The molecule has 3 nitrogen and oxygen atoms in total. The highest BCUT2D eigenvalue weighted by atomic mass is 16.2. The molecule has 0 atom stereocenters. The molecule has 0 radical (unpaired) electrons. The van der Waals surface area contributed by atoms with Crippen LogP contribution in [0.1, 0.15) is 41.0 Å². The van der Waals surface area contributed by atoms with E-state index in [1.54, 1.807) is 0 Å². The average molecular weight is 226 g/mol. The van der Waals surface area contributed by atoms with E-state index in [4.69, 9.17) is 0 Å². The third-order valence-corrected chi connectivity index (χ3v) is 3.35. The first kappa shape index (κ1) is 13.5. The van der Waals surface area contributed by atoms with E-state index in [2.05, 4.69) is 46.6 Å². The Morgan fingerprint density at radius 3 is 2.25 bits per heavy atom. The van der Waals surface area contributed by atoms with Gasteiger partial charge < -0.3 is 4.90 Å². The van der Waals surface area contributed by atoms with E-state index in [0.717, 1.165) is 19.6 Å². The van der Waals surface area contributed by atoms with Crippen molar-refractivity contribution in [1.82, 2.24) is 9.80 Å². The molecule has 1 fully saturated rings. The SMILES string of the molecule is CN1CCN(C(=O)CC(C)(C)C)CC1(C)C. The van der Waals surface area contributed by atoms with Gasteiger partial charge in [-0.3, -0.25) is 9.69 Å². The minimum Gasteiger partial charge on any atom is -0.340 e. The Bertz CT molecular complexity index is 266. The van der Waals surface area contributed by atoms with E-state index in [1.165, 1.54) is 0 Å². The maximum atomic E-state index is 12.1. The van der Waals surface area contributed by atoms with Crippen LogP contribution in [0.25, 0.3) is 0 Å². The van der Waals surface area contributed by atoms with Crippen LogP contribution in [-0.4, -0.2) is 47.9 Å². The van der Waals surface area contributed by atoms with Crippen molar-refractivity contribution < 1.29 is 4.79 Å². The predicted molar refractivity (Wildman–Crippen MR) is 67.4 cm³/mol. The first-order valence-corrected chi connectivity index (χ1v) is 6.11. The highest BCUT2D eigenvalue weighted by molar-refractivity contribution is 5.77. The van der Waals surface area contributed by atoms with E-state index >= 15 is 0 Å². The van der Waals surface area contributed by atoms with Crippen molar-refractivity contribution in [1.29, 1.82) is 0 Å². The molecule has 0 bridgehead atoms. The van der Waals surface area contributed by atoms with Gasteiger partial charge in [0.25, 0.3) is 0 Å². The minimum absolute atomic E-state index is 0.0879. The van der Waals surface area contributed by atoms with Crippen molar-refractivity contribution >= 4 is 5.91 Å². The van der Waals surface area contributed by atoms with Crippen LogP contribution in [0.3, 0.4) is 0 Å². The third kappa shape index (κ3) is 3.48. The summed E-state index contributed by atoms with van der Waals surface area (Å²) in [5.74, 6) is 0.300. The molecule has 1 rings (SSSR count). The maximum Gasteiger partial charge on any atom is 0.223 e. The summed E-state index contributed by atoms with van der Waals surface area (Å²) in [6.45, 7) is 13.4. The Hall–Kier alpha value is -0.570. The highest BCUT2D eigenvalue weighted by Crippen LogP contribution is 2.23. The minimum atomic E-state index is 0.0879. The fourth-order valence-corrected chi connectivity index (χ4v) is 2.02. The van der Waals surface area contributed by atoms with E-state index in [0.29, 0.717) is 12.3 Å². The van der Waals surface area contributed by atoms with Gasteiger partial charge in [0, 0.05) is 31.6 Å². The molecule has 0 aromatic heterocycles. The third-order valence-electron chi connectivity index (χ3n) is 3.35. The van der Waals surface area contributed by atoms with Crippen LogP contribution in [-0.2, 0) is 4.79 Å². The zero-order valence-corrected chi connectivity index (χ0v) is 11.6. The number of amides is 1. The highest BCUT2D eigenvalue weighted by Gasteiger charge is 2.33. The van der Waals surface area contributed by atoms with Crippen LogP contribution in [0.15, 0.2) is 0 Å². The number of nitrogens with zero attached hydrogens (tertiary/aromatic N) is 2. The van der Waals surface area contributed by atoms with Crippen molar-refractivity contribution in [3.63, 3.8) is 0 Å². The van der Waals surface area contributed by atoms with Crippen molar-refractivity contribution in [2.45, 2.75) is 46.6 Å². The van der Waals surface area contributed by atoms with E-state index < -0.39 is 0 Å². The number of piperazine rings is 1. The molecule has 16 heavy (non-hydrogen) atoms. The van der Waals surface area contributed by atoms with Crippen LogP contribution in [0.5, 0.6) is 0 Å². The van der Waals surface area contributed by atoms with Gasteiger partial charge in [-0.2, -0.15) is 0 Å². The summed E-state index contributed by atoms with van der Waals surface area (Å²) < 4.78 is 0. The monoisotopic (exact) mass is 226 g/mol. The normalized spacial score (nSPS) is 22.2. The number of carbonyl (C=O) groups excluding carboxylic acids is 1. The number of likely N-dealkylation sites (N-methyl/N-ethyl adjacent to an activating group) is 1. The topological polar surface area (TPSA) is 23.6 Å². The molecular formula is C13H26N2O. The summed E-state index contributed by atoms with van der Waals surface area (Å²) >= 11 is 0. The lowest BCUT2D eigenvalue weighted by molar-refractivity contribution is -0.137. The van der Waals surface area contributed by atoms with Crippen molar-refractivity contribution in [3.05, 3.63) is 0 Å². The summed E-state index contributed by atoms with van der Waals surface area (Å²) in [5, 5.41) is 0. The molecule has 0 aromatic carbocycles. The fourth-order valence-electron chi connectivity index (χ4n) is 2.02. The quantitative estimate of drug-likeness (QED) is 0.682. The van der Waals surface area contributed by atoms with Gasteiger partial charge in [-0.1, -0.05) is 20.8 Å². The summed E-state index contributed by atoms with van der Waals surface area (Å²) in [7, 11) is 2.13. The number of rotatable bonds is 1. The van der Waals surface area contributed by atoms with Crippen LogP contribution in [0, 0.1) is 5.41 Å². The van der Waals surface area contributed by atoms with E-state index in [1.807, 2.05) is 4.90 Å². The van der Waals surface area contributed by atoms with Gasteiger partial charge >= 0.3 is 0 Å². The molecule has 1 amide bonds. The maximum absolute atomic E-state index is 12.1. The summed E-state index contributed by atoms with van der Waals surface area (Å²) in [5.41, 5.74) is 0.191. The fraction of sp³-hybridized carbons (Fsp3) is 0.923. The van der Waals surface area contributed by atoms with Crippen molar-refractivity contribution in [3.8, 4) is 0 Å². The second-order valence-electron chi connectivity index (χ2n) is 6.79. The lowest BCUT2D eigenvalue weighted by Gasteiger charge is -2.45. The van der Waals surface area contributed by atoms with Gasteiger partial charge in [0.1, 0.15) is 0 Å². The van der Waals surface area contributed by atoms with E-state index in [9.17, 15) is 4.79 Å². The summed E-state index contributed by atoms with van der Waals surface area (Å²) in [4.78, 5) is 16.5. The molecule has 1 saturated heterocycles. The second kappa shape index (κ2) is 4.36. The van der Waals surface area contributed by atoms with Crippen LogP contribution >= 0.6 is 0 Å². The van der Waals surface area contributed by atoms with Gasteiger partial charge in [-0.05, 0) is 26.3 Å². The Morgan fingerprint density at radius 2 is 1.81 bits per heavy atom. The first-order chi connectivity index (χ1) is 7.12. The number of carbonyl (C=O) groups is 1. The smallest absolute Gasteiger partial charge is 0.223 e. The van der Waals surface area contributed by atoms with Gasteiger partial charge in [0.2, 0.25) is 5.91 Å². The van der Waals surface area contributed by atoms with Gasteiger partial charge in [0.15, 0.2) is 0 Å². The Kier molecular flexibility index (Phi) is 3.68.